The topological polar surface area (TPSA) is 38.7 Å². The number of hydrogen-bond donors (Lipinski definition) is 0. The zero-order valence-electron chi connectivity index (χ0n) is 7.04. The van der Waals surface area contributed by atoms with E-state index in [4.69, 9.17) is 16.3 Å². The summed E-state index contributed by atoms with van der Waals surface area (Å²) in [7, 11) is 1.46. The van der Waals surface area contributed by atoms with Gasteiger partial charge >= 0.3 is 0 Å². The average Bonchev–Trinajstić information content (AvgIpc) is 2.45. The smallest absolute Gasteiger partial charge is 0.175 e. The number of methoxy groups -OCH3 is 1. The van der Waals surface area contributed by atoms with Crippen LogP contribution in [0.4, 0.5) is 5.00 Å². The number of hydrogen-bond acceptors (Lipinski definition) is 5. The van der Waals surface area contributed by atoms with Crippen molar-refractivity contribution in [2.24, 2.45) is 4.99 Å². The van der Waals surface area contributed by atoms with Gasteiger partial charge in [0.15, 0.2) is 10.8 Å². The van der Waals surface area contributed by atoms with E-state index >= 15 is 0 Å². The number of thiophene rings is 1. The standard InChI is InChI=1S/C8H4ClNO2S2/c1-12-7-6(9)5(2-3-11)14-8(7)10-4-13/h2H,1H3. The predicted molar refractivity (Wildman–Crippen MR) is 60.7 cm³/mol. The fourth-order valence-corrected chi connectivity index (χ4v) is 2.25. The number of aliphatic imine (C=N–C) groups is 1. The molecule has 1 heterocycles. The molecule has 0 spiro atoms. The van der Waals surface area contributed by atoms with Gasteiger partial charge in [-0.05, 0) is 12.2 Å². The Morgan fingerprint density at radius 3 is 2.93 bits per heavy atom. The van der Waals surface area contributed by atoms with Crippen molar-refractivity contribution in [3.8, 4) is 5.75 Å². The van der Waals surface area contributed by atoms with Crippen LogP contribution in [0.1, 0.15) is 4.88 Å². The van der Waals surface area contributed by atoms with Crippen molar-refractivity contribution in [1.82, 2.24) is 0 Å². The van der Waals surface area contributed by atoms with Gasteiger partial charge in [0.05, 0.1) is 17.1 Å². The summed E-state index contributed by atoms with van der Waals surface area (Å²) in [6.45, 7) is 0. The highest BCUT2D eigenvalue weighted by atomic mass is 35.5. The van der Waals surface area contributed by atoms with Crippen LogP contribution in [0.2, 0.25) is 5.02 Å². The highest BCUT2D eigenvalue weighted by Gasteiger charge is 2.15. The van der Waals surface area contributed by atoms with E-state index in [-0.39, 0.29) is 0 Å². The van der Waals surface area contributed by atoms with Gasteiger partial charge in [-0.3, -0.25) is 0 Å². The molecular formula is C8H4ClNO2S2. The maximum Gasteiger partial charge on any atom is 0.175 e. The maximum absolute atomic E-state index is 10.2. The maximum atomic E-state index is 10.2. The van der Waals surface area contributed by atoms with Gasteiger partial charge in [-0.25, -0.2) is 4.79 Å². The van der Waals surface area contributed by atoms with E-state index in [2.05, 4.69) is 22.4 Å². The van der Waals surface area contributed by atoms with Crippen molar-refractivity contribution >= 4 is 57.3 Å². The zero-order chi connectivity index (χ0) is 10.6. The molecule has 0 aromatic carbocycles. The molecule has 0 aliphatic carbocycles. The molecule has 72 valence electrons. The van der Waals surface area contributed by atoms with Crippen molar-refractivity contribution in [3.63, 3.8) is 0 Å². The summed E-state index contributed by atoms with van der Waals surface area (Å²) in [5.41, 5.74) is 0. The summed E-state index contributed by atoms with van der Waals surface area (Å²) in [6.07, 6.45) is 1.22. The number of ether oxygens (including phenoxy) is 1. The summed E-state index contributed by atoms with van der Waals surface area (Å²) < 4.78 is 5.00. The molecule has 1 aromatic rings. The highest BCUT2D eigenvalue weighted by Crippen LogP contribution is 2.45. The Labute approximate surface area is 94.7 Å². The quantitative estimate of drug-likeness (QED) is 0.467. The minimum atomic E-state index is 0.338. The molecule has 0 saturated carbocycles. The lowest BCUT2D eigenvalue weighted by Crippen LogP contribution is -1.79. The van der Waals surface area contributed by atoms with E-state index < -0.39 is 0 Å². The molecule has 0 atom stereocenters. The largest absolute Gasteiger partial charge is 0.492 e. The summed E-state index contributed by atoms with van der Waals surface area (Å²) in [6, 6.07) is 0. The van der Waals surface area contributed by atoms with Crippen molar-refractivity contribution in [1.29, 1.82) is 0 Å². The number of isothiocyanates is 1. The fourth-order valence-electron chi connectivity index (χ4n) is 0.839. The number of thiocarbonyl (C=S) groups is 1. The molecule has 0 fully saturated rings. The minimum absolute atomic E-state index is 0.338. The van der Waals surface area contributed by atoms with Crippen LogP contribution in [-0.2, 0) is 4.79 Å². The van der Waals surface area contributed by atoms with E-state index in [0.717, 1.165) is 0 Å². The summed E-state index contributed by atoms with van der Waals surface area (Å²) in [4.78, 5) is 14.5. The Morgan fingerprint density at radius 1 is 1.71 bits per heavy atom. The molecule has 1 rings (SSSR count). The number of rotatable bonds is 3. The third-order valence-electron chi connectivity index (χ3n) is 1.36. The Balaban J connectivity index is 3.37. The van der Waals surface area contributed by atoms with Gasteiger partial charge in [-0.1, -0.05) is 11.6 Å². The van der Waals surface area contributed by atoms with Crippen molar-refractivity contribution in [2.45, 2.75) is 0 Å². The molecule has 0 amide bonds. The fraction of sp³-hybridized carbons (Fsp3) is 0.125. The Kier molecular flexibility index (Phi) is 4.01. The molecule has 0 saturated heterocycles. The second-order valence-corrected chi connectivity index (χ2v) is 3.68. The van der Waals surface area contributed by atoms with Gasteiger partial charge in [0, 0.05) is 6.08 Å². The summed E-state index contributed by atoms with van der Waals surface area (Å²) in [5, 5.41) is 3.04. The van der Waals surface area contributed by atoms with Crippen LogP contribution in [-0.4, -0.2) is 18.2 Å². The predicted octanol–water partition coefficient (Wildman–Crippen LogP) is 2.99. The first kappa shape index (κ1) is 11.1. The number of halogens is 1. The first-order valence-corrected chi connectivity index (χ1v) is 5.00. The van der Waals surface area contributed by atoms with E-state index in [9.17, 15) is 4.79 Å². The van der Waals surface area contributed by atoms with E-state index in [1.54, 1.807) is 5.94 Å². The average molecular weight is 246 g/mol. The molecule has 0 aliphatic rings. The third kappa shape index (κ3) is 2.10. The molecule has 0 aliphatic heterocycles. The summed E-state index contributed by atoms with van der Waals surface area (Å²) >= 11 is 11.5. The first-order valence-electron chi connectivity index (χ1n) is 3.39. The van der Waals surface area contributed by atoms with Gasteiger partial charge in [0.25, 0.3) is 0 Å². The monoisotopic (exact) mass is 245 g/mol. The molecule has 3 nitrogen and oxygen atoms in total. The molecule has 0 N–H and O–H groups in total. The first-order chi connectivity index (χ1) is 6.74. The summed E-state index contributed by atoms with van der Waals surface area (Å²) in [5.74, 6) is 2.04. The number of carbonyl (C=O) groups excluding carboxylic acids is 1. The van der Waals surface area contributed by atoms with Crippen LogP contribution < -0.4 is 4.74 Å². The normalized spacial score (nSPS) is 8.71. The molecular weight excluding hydrogens is 242 g/mol. The van der Waals surface area contributed by atoms with E-state index in [1.807, 2.05) is 0 Å². The minimum Gasteiger partial charge on any atom is -0.492 e. The Bertz CT molecular complexity index is 442. The zero-order valence-corrected chi connectivity index (χ0v) is 9.42. The molecule has 1 aromatic heterocycles. The second-order valence-electron chi connectivity index (χ2n) is 2.08. The Morgan fingerprint density at radius 2 is 2.43 bits per heavy atom. The van der Waals surface area contributed by atoms with Crippen molar-refractivity contribution in [3.05, 3.63) is 9.90 Å². The third-order valence-corrected chi connectivity index (χ3v) is 2.95. The van der Waals surface area contributed by atoms with Crippen LogP contribution in [0.3, 0.4) is 0 Å². The lowest BCUT2D eigenvalue weighted by atomic mass is 10.4. The van der Waals surface area contributed by atoms with Crippen LogP contribution in [0.25, 0.3) is 6.08 Å². The van der Waals surface area contributed by atoms with E-state index in [1.165, 1.54) is 24.5 Å². The lowest BCUT2D eigenvalue weighted by Gasteiger charge is -1.95. The molecule has 14 heavy (non-hydrogen) atoms. The van der Waals surface area contributed by atoms with E-state index in [0.29, 0.717) is 20.7 Å². The second kappa shape index (κ2) is 5.05. The van der Waals surface area contributed by atoms with Crippen LogP contribution in [0, 0.1) is 0 Å². The number of nitrogens with zero attached hydrogens (tertiary/aromatic N) is 1. The van der Waals surface area contributed by atoms with Crippen molar-refractivity contribution in [2.75, 3.05) is 7.11 Å². The van der Waals surface area contributed by atoms with Gasteiger partial charge in [-0.15, -0.1) is 11.3 Å². The van der Waals surface area contributed by atoms with Gasteiger partial charge in [0.2, 0.25) is 0 Å². The molecule has 0 radical (unpaired) electrons. The van der Waals surface area contributed by atoms with Gasteiger partial charge in [0.1, 0.15) is 11.0 Å². The van der Waals surface area contributed by atoms with Crippen LogP contribution in [0.15, 0.2) is 4.99 Å². The molecule has 0 bridgehead atoms. The molecule has 6 heteroatoms. The van der Waals surface area contributed by atoms with Crippen LogP contribution in [0.5, 0.6) is 5.75 Å². The SMILES string of the molecule is COc1c(N=C=S)sc(C=C=O)c1Cl. The Hall–Kier alpha value is -0.960. The van der Waals surface area contributed by atoms with Crippen LogP contribution >= 0.6 is 35.2 Å². The van der Waals surface area contributed by atoms with Gasteiger partial charge < -0.3 is 4.74 Å². The van der Waals surface area contributed by atoms with Crippen molar-refractivity contribution < 1.29 is 9.53 Å². The highest BCUT2D eigenvalue weighted by molar-refractivity contribution is 7.78. The lowest BCUT2D eigenvalue weighted by molar-refractivity contribution is 0.418. The van der Waals surface area contributed by atoms with Gasteiger partial charge in [-0.2, -0.15) is 4.99 Å². The molecule has 0 unspecified atom stereocenters.